The fourth-order valence-corrected chi connectivity index (χ4v) is 2.00. The first kappa shape index (κ1) is 16.8. The number of nitriles is 1. The lowest BCUT2D eigenvalue weighted by molar-refractivity contribution is -0.384. The van der Waals surface area contributed by atoms with E-state index in [-0.39, 0.29) is 28.3 Å². The van der Waals surface area contributed by atoms with Crippen LogP contribution in [-0.4, -0.2) is 25.0 Å². The molecule has 0 fully saturated rings. The van der Waals surface area contributed by atoms with Gasteiger partial charge in [0.25, 0.3) is 11.6 Å². The molecular weight excluding hydrogens is 314 g/mol. The number of rotatable bonds is 5. The van der Waals surface area contributed by atoms with E-state index in [4.69, 9.17) is 14.4 Å². The molecule has 0 bridgehead atoms. The van der Waals surface area contributed by atoms with Crippen LogP contribution < -0.4 is 10.1 Å². The van der Waals surface area contributed by atoms with Gasteiger partial charge >= 0.3 is 0 Å². The highest BCUT2D eigenvalue weighted by Crippen LogP contribution is 2.34. The Kier molecular flexibility index (Phi) is 4.96. The van der Waals surface area contributed by atoms with Crippen LogP contribution in [0.15, 0.2) is 40.3 Å². The molecule has 1 N–H and O–H groups in total. The lowest BCUT2D eigenvalue weighted by Gasteiger charge is -2.03. The van der Waals surface area contributed by atoms with Crippen LogP contribution in [0.2, 0.25) is 0 Å². The van der Waals surface area contributed by atoms with Gasteiger partial charge in [-0.25, -0.2) is 0 Å². The van der Waals surface area contributed by atoms with E-state index in [9.17, 15) is 14.9 Å². The van der Waals surface area contributed by atoms with Crippen LogP contribution in [-0.2, 0) is 4.79 Å². The largest absolute Gasteiger partial charge is 0.497 e. The second-order valence-electron chi connectivity index (χ2n) is 4.59. The molecule has 0 spiro atoms. The van der Waals surface area contributed by atoms with Crippen LogP contribution in [0, 0.1) is 21.4 Å². The number of likely N-dealkylation sites (N-methyl/N-ethyl adjacent to an activating group) is 1. The van der Waals surface area contributed by atoms with Gasteiger partial charge in [0.15, 0.2) is 0 Å². The van der Waals surface area contributed by atoms with E-state index in [1.165, 1.54) is 44.5 Å². The van der Waals surface area contributed by atoms with E-state index in [1.54, 1.807) is 12.1 Å². The van der Waals surface area contributed by atoms with Gasteiger partial charge in [-0.15, -0.1) is 0 Å². The van der Waals surface area contributed by atoms with Gasteiger partial charge in [0, 0.05) is 13.1 Å². The third-order valence-electron chi connectivity index (χ3n) is 3.17. The first-order chi connectivity index (χ1) is 11.5. The molecule has 0 aliphatic rings. The van der Waals surface area contributed by atoms with Gasteiger partial charge < -0.3 is 14.5 Å². The Hall–Kier alpha value is -3.60. The Labute approximate surface area is 137 Å². The number of methoxy groups -OCH3 is 1. The first-order valence-corrected chi connectivity index (χ1v) is 6.76. The maximum atomic E-state index is 11.5. The van der Waals surface area contributed by atoms with E-state index < -0.39 is 10.8 Å². The Morgan fingerprint density at radius 3 is 2.75 bits per heavy atom. The maximum absolute atomic E-state index is 11.5. The molecular formula is C16H13N3O5. The van der Waals surface area contributed by atoms with Gasteiger partial charge in [-0.05, 0) is 24.3 Å². The molecule has 0 radical (unpaired) electrons. The summed E-state index contributed by atoms with van der Waals surface area (Å²) in [6.07, 6.45) is 1.26. The SMILES string of the molecule is CNC(=O)/C(C#N)=C/c1ccc(-c2ccc(OC)cc2[N+](=O)[O-])o1. The highest BCUT2D eigenvalue weighted by molar-refractivity contribution is 6.01. The molecule has 0 saturated carbocycles. The molecule has 1 aromatic heterocycles. The number of ether oxygens (including phenoxy) is 1. The summed E-state index contributed by atoms with van der Waals surface area (Å²) in [6.45, 7) is 0. The Morgan fingerprint density at radius 2 is 2.17 bits per heavy atom. The molecule has 0 unspecified atom stereocenters. The number of nitro groups is 1. The van der Waals surface area contributed by atoms with Gasteiger partial charge in [-0.3, -0.25) is 14.9 Å². The number of carbonyl (C=O) groups is 1. The van der Waals surface area contributed by atoms with Crippen LogP contribution in [0.3, 0.4) is 0 Å². The van der Waals surface area contributed by atoms with Crippen molar-refractivity contribution in [3.63, 3.8) is 0 Å². The zero-order valence-electron chi connectivity index (χ0n) is 12.9. The molecule has 0 aliphatic heterocycles. The Morgan fingerprint density at radius 1 is 1.42 bits per heavy atom. The number of benzene rings is 1. The quantitative estimate of drug-likeness (QED) is 0.390. The van der Waals surface area contributed by atoms with Gasteiger partial charge in [0.05, 0.1) is 23.7 Å². The van der Waals surface area contributed by atoms with E-state index in [0.717, 1.165) is 0 Å². The summed E-state index contributed by atoms with van der Waals surface area (Å²) in [5.74, 6) is 0.273. The van der Waals surface area contributed by atoms with Crippen molar-refractivity contribution in [1.82, 2.24) is 5.32 Å². The minimum Gasteiger partial charge on any atom is -0.497 e. The van der Waals surface area contributed by atoms with Crippen molar-refractivity contribution in [1.29, 1.82) is 5.26 Å². The van der Waals surface area contributed by atoms with Crippen LogP contribution >= 0.6 is 0 Å². The normalized spacial score (nSPS) is 10.8. The van der Waals surface area contributed by atoms with Crippen molar-refractivity contribution in [2.24, 2.45) is 0 Å². The summed E-state index contributed by atoms with van der Waals surface area (Å²) in [7, 11) is 2.82. The summed E-state index contributed by atoms with van der Waals surface area (Å²) in [5.41, 5.74) is -0.0485. The highest BCUT2D eigenvalue weighted by atomic mass is 16.6. The summed E-state index contributed by atoms with van der Waals surface area (Å²) in [4.78, 5) is 22.2. The van der Waals surface area contributed by atoms with E-state index in [2.05, 4.69) is 5.32 Å². The number of nitrogens with zero attached hydrogens (tertiary/aromatic N) is 2. The molecule has 2 aromatic rings. The van der Waals surface area contributed by atoms with Gasteiger partial charge in [-0.2, -0.15) is 5.26 Å². The summed E-state index contributed by atoms with van der Waals surface area (Å²) < 4.78 is 10.5. The second kappa shape index (κ2) is 7.11. The van der Waals surface area contributed by atoms with Crippen molar-refractivity contribution in [3.05, 3.63) is 51.8 Å². The number of hydrogen-bond acceptors (Lipinski definition) is 6. The number of hydrogen-bond donors (Lipinski definition) is 1. The monoisotopic (exact) mass is 327 g/mol. The minimum absolute atomic E-state index is 0.136. The maximum Gasteiger partial charge on any atom is 0.284 e. The predicted molar refractivity (Wildman–Crippen MR) is 85.0 cm³/mol. The molecule has 1 heterocycles. The third kappa shape index (κ3) is 3.41. The van der Waals surface area contributed by atoms with Crippen LogP contribution in [0.5, 0.6) is 5.75 Å². The molecule has 1 amide bonds. The van der Waals surface area contributed by atoms with Gasteiger partial charge in [-0.1, -0.05) is 0 Å². The zero-order valence-corrected chi connectivity index (χ0v) is 12.9. The molecule has 122 valence electrons. The van der Waals surface area contributed by atoms with Crippen molar-refractivity contribution in [2.45, 2.75) is 0 Å². The third-order valence-corrected chi connectivity index (χ3v) is 3.17. The summed E-state index contributed by atoms with van der Waals surface area (Å²) in [5, 5.41) is 22.5. The fourth-order valence-electron chi connectivity index (χ4n) is 2.00. The molecule has 8 nitrogen and oxygen atoms in total. The van der Waals surface area contributed by atoms with E-state index in [1.807, 2.05) is 0 Å². The molecule has 8 heteroatoms. The summed E-state index contributed by atoms with van der Waals surface area (Å²) >= 11 is 0. The molecule has 24 heavy (non-hydrogen) atoms. The van der Waals surface area contributed by atoms with Crippen LogP contribution in [0.1, 0.15) is 5.76 Å². The molecule has 1 aromatic carbocycles. The molecule has 0 saturated heterocycles. The van der Waals surface area contributed by atoms with Crippen molar-refractivity contribution in [3.8, 4) is 23.1 Å². The number of nitrogens with one attached hydrogen (secondary N) is 1. The summed E-state index contributed by atoms with van der Waals surface area (Å²) in [6, 6.07) is 9.18. The lowest BCUT2D eigenvalue weighted by atomic mass is 10.1. The number of furan rings is 1. The average Bonchev–Trinajstić information content (AvgIpc) is 3.06. The fraction of sp³-hybridized carbons (Fsp3) is 0.125. The minimum atomic E-state index is -0.550. The van der Waals surface area contributed by atoms with Crippen molar-refractivity contribution < 1.29 is 18.9 Å². The van der Waals surface area contributed by atoms with Gasteiger partial charge in [0.1, 0.15) is 28.9 Å². The van der Waals surface area contributed by atoms with E-state index in [0.29, 0.717) is 5.75 Å². The van der Waals surface area contributed by atoms with Crippen LogP contribution in [0.25, 0.3) is 17.4 Å². The topological polar surface area (TPSA) is 118 Å². The number of carbonyl (C=O) groups excluding carboxylic acids is 1. The predicted octanol–water partition coefficient (Wildman–Crippen LogP) is 2.52. The van der Waals surface area contributed by atoms with Crippen molar-refractivity contribution in [2.75, 3.05) is 14.2 Å². The average molecular weight is 327 g/mol. The Balaban J connectivity index is 2.45. The number of amides is 1. The zero-order chi connectivity index (χ0) is 17.7. The van der Waals surface area contributed by atoms with Crippen molar-refractivity contribution >= 4 is 17.7 Å². The number of nitro benzene ring substituents is 1. The smallest absolute Gasteiger partial charge is 0.284 e. The van der Waals surface area contributed by atoms with Crippen LogP contribution in [0.4, 0.5) is 5.69 Å². The standard InChI is InChI=1S/C16H13N3O5/c1-18-16(20)10(9-17)7-12-4-6-15(24-12)13-5-3-11(23-2)8-14(13)19(21)22/h3-8H,1-2H3,(H,18,20)/b10-7+. The Bertz CT molecular complexity index is 861. The highest BCUT2D eigenvalue weighted by Gasteiger charge is 2.19. The van der Waals surface area contributed by atoms with Gasteiger partial charge in [0.2, 0.25) is 0 Å². The molecule has 0 atom stereocenters. The molecule has 0 aliphatic carbocycles. The molecule has 2 rings (SSSR count). The van der Waals surface area contributed by atoms with E-state index >= 15 is 0 Å². The first-order valence-electron chi connectivity index (χ1n) is 6.76. The second-order valence-corrected chi connectivity index (χ2v) is 4.59. The lowest BCUT2D eigenvalue weighted by Crippen LogP contribution is -2.18.